The molecule has 3 rings (SSSR count). The molecule has 1 aromatic rings. The van der Waals surface area contributed by atoms with Gasteiger partial charge in [0.2, 0.25) is 5.91 Å². The first kappa shape index (κ1) is 18.1. The van der Waals surface area contributed by atoms with Gasteiger partial charge in [-0.2, -0.15) is 4.99 Å². The lowest BCUT2D eigenvalue weighted by Gasteiger charge is -2.24. The molecule has 0 unspecified atom stereocenters. The Morgan fingerprint density at radius 3 is 2.52 bits per heavy atom. The van der Waals surface area contributed by atoms with Crippen LogP contribution in [0.5, 0.6) is 0 Å². The van der Waals surface area contributed by atoms with E-state index in [-0.39, 0.29) is 34.5 Å². The predicted molar refractivity (Wildman–Crippen MR) is 100 cm³/mol. The van der Waals surface area contributed by atoms with E-state index in [2.05, 4.69) is 4.99 Å². The van der Waals surface area contributed by atoms with Crippen molar-refractivity contribution in [2.75, 3.05) is 16.4 Å². The monoisotopic (exact) mass is 380 g/mol. The molecule has 2 saturated heterocycles. The van der Waals surface area contributed by atoms with Crippen LogP contribution in [0.15, 0.2) is 29.3 Å². The Kier molecular flexibility index (Phi) is 5.02. The van der Waals surface area contributed by atoms with Crippen LogP contribution in [0, 0.1) is 0 Å². The van der Waals surface area contributed by atoms with E-state index in [1.54, 1.807) is 24.3 Å². The van der Waals surface area contributed by atoms with Crippen LogP contribution in [-0.2, 0) is 14.6 Å². The summed E-state index contributed by atoms with van der Waals surface area (Å²) in [5.74, 6) is -0.0697. The highest BCUT2D eigenvalue weighted by molar-refractivity contribution is 8.16. The predicted octanol–water partition coefficient (Wildman–Crippen LogP) is 2.29. The van der Waals surface area contributed by atoms with Crippen LogP contribution in [0.4, 0.5) is 5.69 Å². The molecule has 2 atom stereocenters. The number of benzene rings is 1. The minimum absolute atomic E-state index is 0.0318. The molecule has 0 N–H and O–H groups in total. The number of carbonyl (C=O) groups excluding carboxylic acids is 2. The molecule has 2 aliphatic rings. The number of nitrogens with zero attached hydrogens (tertiary/aromatic N) is 2. The van der Waals surface area contributed by atoms with E-state index in [4.69, 9.17) is 0 Å². The number of fused-ring (bicyclic) bond motifs is 1. The van der Waals surface area contributed by atoms with Gasteiger partial charge in [-0.1, -0.05) is 18.7 Å². The van der Waals surface area contributed by atoms with Gasteiger partial charge in [-0.05, 0) is 37.6 Å². The van der Waals surface area contributed by atoms with Gasteiger partial charge < -0.3 is 4.90 Å². The van der Waals surface area contributed by atoms with Gasteiger partial charge in [-0.25, -0.2) is 8.42 Å². The number of hydrogen-bond donors (Lipinski definition) is 0. The largest absolute Gasteiger partial charge is 0.316 e. The first-order valence-corrected chi connectivity index (χ1v) is 10.9. The molecule has 6 nitrogen and oxygen atoms in total. The van der Waals surface area contributed by atoms with Crippen LogP contribution in [0.1, 0.15) is 37.0 Å². The van der Waals surface area contributed by atoms with Crippen molar-refractivity contribution in [3.8, 4) is 0 Å². The highest BCUT2D eigenvalue weighted by Gasteiger charge is 2.49. The maximum Gasteiger partial charge on any atom is 0.248 e. The van der Waals surface area contributed by atoms with Crippen molar-refractivity contribution in [2.45, 2.75) is 38.0 Å². The summed E-state index contributed by atoms with van der Waals surface area (Å²) in [4.78, 5) is 29.5. The second-order valence-electron chi connectivity index (χ2n) is 6.31. The smallest absolute Gasteiger partial charge is 0.248 e. The van der Waals surface area contributed by atoms with Crippen LogP contribution in [0.3, 0.4) is 0 Å². The molecule has 25 heavy (non-hydrogen) atoms. The molecule has 2 aliphatic heterocycles. The summed E-state index contributed by atoms with van der Waals surface area (Å²) >= 11 is 1.36. The van der Waals surface area contributed by atoms with E-state index in [0.29, 0.717) is 17.2 Å². The molecule has 1 amide bonds. The number of amidine groups is 1. The number of anilines is 1. The number of rotatable bonds is 4. The molecule has 2 fully saturated rings. The Labute approximate surface area is 151 Å². The van der Waals surface area contributed by atoms with Crippen molar-refractivity contribution in [1.82, 2.24) is 0 Å². The Bertz CT molecular complexity index is 831. The van der Waals surface area contributed by atoms with Gasteiger partial charge in [-0.15, -0.1) is 0 Å². The van der Waals surface area contributed by atoms with Crippen molar-refractivity contribution in [2.24, 2.45) is 4.99 Å². The average Bonchev–Trinajstić information content (AvgIpc) is 2.98. The lowest BCUT2D eigenvalue weighted by molar-refractivity contribution is -0.117. The van der Waals surface area contributed by atoms with Gasteiger partial charge in [0.15, 0.2) is 20.8 Å². The molecule has 2 heterocycles. The third-order valence-electron chi connectivity index (χ3n) is 4.30. The summed E-state index contributed by atoms with van der Waals surface area (Å²) < 4.78 is 24.0. The second-order valence-corrected chi connectivity index (χ2v) is 9.67. The lowest BCUT2D eigenvalue weighted by Crippen LogP contribution is -2.37. The summed E-state index contributed by atoms with van der Waals surface area (Å²) in [6, 6.07) is 6.76. The number of carbonyl (C=O) groups is 2. The molecule has 0 aliphatic carbocycles. The van der Waals surface area contributed by atoms with Crippen molar-refractivity contribution < 1.29 is 18.0 Å². The molecule has 0 spiro atoms. The van der Waals surface area contributed by atoms with Crippen LogP contribution in [0.2, 0.25) is 0 Å². The normalized spacial score (nSPS) is 26.0. The topological polar surface area (TPSA) is 83.9 Å². The fourth-order valence-corrected chi connectivity index (χ4v) is 7.03. The van der Waals surface area contributed by atoms with Crippen LogP contribution >= 0.6 is 11.8 Å². The summed E-state index contributed by atoms with van der Waals surface area (Å²) in [7, 11) is -3.09. The van der Waals surface area contributed by atoms with Crippen LogP contribution in [0.25, 0.3) is 0 Å². The number of aliphatic imine (C=N–C) groups is 1. The van der Waals surface area contributed by atoms with E-state index in [0.717, 1.165) is 12.1 Å². The zero-order chi connectivity index (χ0) is 18.2. The molecular weight excluding hydrogens is 360 g/mol. The first-order valence-electron chi connectivity index (χ1n) is 8.19. The van der Waals surface area contributed by atoms with Gasteiger partial charge in [-0.3, -0.25) is 9.59 Å². The van der Waals surface area contributed by atoms with E-state index in [9.17, 15) is 18.0 Å². The number of Topliss-reactive ketones (excluding diaryl/α,β-unsaturated/α-hetero) is 1. The van der Waals surface area contributed by atoms with Crippen molar-refractivity contribution in [3.05, 3.63) is 29.8 Å². The highest BCUT2D eigenvalue weighted by Crippen LogP contribution is 2.41. The summed E-state index contributed by atoms with van der Waals surface area (Å²) in [6.07, 6.45) is 1.09. The van der Waals surface area contributed by atoms with Crippen molar-refractivity contribution >= 4 is 44.1 Å². The van der Waals surface area contributed by atoms with Gasteiger partial charge >= 0.3 is 0 Å². The molecule has 1 aromatic carbocycles. The zero-order valence-electron chi connectivity index (χ0n) is 14.1. The Morgan fingerprint density at radius 1 is 1.24 bits per heavy atom. The highest BCUT2D eigenvalue weighted by atomic mass is 32.2. The number of amides is 1. The second kappa shape index (κ2) is 6.92. The van der Waals surface area contributed by atoms with Crippen LogP contribution in [-0.4, -0.2) is 48.1 Å². The van der Waals surface area contributed by atoms with Crippen LogP contribution < -0.4 is 4.90 Å². The molecule has 0 bridgehead atoms. The van der Waals surface area contributed by atoms with E-state index < -0.39 is 9.84 Å². The maximum absolute atomic E-state index is 12.0. The molecule has 8 heteroatoms. The van der Waals surface area contributed by atoms with E-state index in [1.165, 1.54) is 18.7 Å². The standard InChI is InChI=1S/C17H20N2O4S2/c1-3-4-16(21)18-17-19(13-7-5-12(6-8-13)11(2)20)14-9-25(22,23)10-15(14)24-17/h5-8,14-15H,3-4,9-10H2,1-2H3/t14-,15+/m1/s1. The number of ketones is 1. The maximum atomic E-state index is 12.0. The summed E-state index contributed by atoms with van der Waals surface area (Å²) in [5, 5.41) is 0.435. The molecule has 0 radical (unpaired) electrons. The van der Waals surface area contributed by atoms with Crippen molar-refractivity contribution in [1.29, 1.82) is 0 Å². The molecular formula is C17H20N2O4S2. The van der Waals surface area contributed by atoms with Crippen molar-refractivity contribution in [3.63, 3.8) is 0 Å². The average molecular weight is 380 g/mol. The molecule has 134 valence electrons. The van der Waals surface area contributed by atoms with Gasteiger partial charge in [0.05, 0.1) is 17.5 Å². The number of thioether (sulfide) groups is 1. The third kappa shape index (κ3) is 3.79. The quantitative estimate of drug-likeness (QED) is 0.745. The fourth-order valence-electron chi connectivity index (χ4n) is 3.10. The Morgan fingerprint density at radius 2 is 1.92 bits per heavy atom. The lowest BCUT2D eigenvalue weighted by atomic mass is 10.1. The van der Waals surface area contributed by atoms with Gasteiger partial charge in [0.25, 0.3) is 0 Å². The number of hydrogen-bond acceptors (Lipinski definition) is 5. The summed E-state index contributed by atoms with van der Waals surface area (Å²) in [6.45, 7) is 3.41. The minimum atomic E-state index is -3.09. The van der Waals surface area contributed by atoms with Gasteiger partial charge in [0.1, 0.15) is 0 Å². The SMILES string of the molecule is CCCC(=O)N=C1S[C@H]2CS(=O)(=O)C[C@H]2N1c1ccc(C(C)=O)cc1. The minimum Gasteiger partial charge on any atom is -0.316 e. The number of sulfone groups is 1. The first-order chi connectivity index (χ1) is 11.8. The Balaban J connectivity index is 1.97. The third-order valence-corrected chi connectivity index (χ3v) is 7.51. The zero-order valence-corrected chi connectivity index (χ0v) is 15.8. The van der Waals surface area contributed by atoms with E-state index in [1.807, 2.05) is 11.8 Å². The molecule has 0 aromatic heterocycles. The Hall–Kier alpha value is -1.67. The fraction of sp³-hybridized carbons (Fsp3) is 0.471. The van der Waals surface area contributed by atoms with E-state index >= 15 is 0 Å². The summed E-state index contributed by atoms with van der Waals surface area (Å²) in [5.41, 5.74) is 1.34. The van der Waals surface area contributed by atoms with Gasteiger partial charge in [0, 0.05) is 22.9 Å². The molecule has 0 saturated carbocycles.